The molecule has 0 fully saturated rings. The van der Waals surface area contributed by atoms with Gasteiger partial charge in [-0.3, -0.25) is 9.59 Å². The van der Waals surface area contributed by atoms with Crippen LogP contribution in [0.15, 0.2) is 33.8 Å². The number of halogens is 4. The van der Waals surface area contributed by atoms with Crippen molar-refractivity contribution in [3.05, 3.63) is 34.3 Å². The SMILES string of the molecule is CC(C)(C)C(=O)C/C(=N/NC(=O)c1ccc(Br)cc1)C(F)(F)F. The molecule has 0 unspecified atom stereocenters. The van der Waals surface area contributed by atoms with Gasteiger partial charge in [-0.15, -0.1) is 0 Å². The number of hydrogen-bond donors (Lipinski definition) is 1. The van der Waals surface area contributed by atoms with Crippen molar-refractivity contribution in [2.45, 2.75) is 33.4 Å². The molecular formula is C15H16BrF3N2O2. The summed E-state index contributed by atoms with van der Waals surface area (Å²) in [5.74, 6) is -1.41. The zero-order chi connectivity index (χ0) is 17.8. The molecule has 0 heterocycles. The van der Waals surface area contributed by atoms with E-state index < -0.39 is 35.4 Å². The average Bonchev–Trinajstić information content (AvgIpc) is 2.41. The Balaban J connectivity index is 2.91. The molecular weight excluding hydrogens is 377 g/mol. The molecule has 1 amide bonds. The first-order chi connectivity index (χ1) is 10.4. The molecule has 0 aliphatic carbocycles. The Morgan fingerprint density at radius 1 is 1.13 bits per heavy atom. The number of benzene rings is 1. The van der Waals surface area contributed by atoms with E-state index in [0.29, 0.717) is 0 Å². The first-order valence-corrected chi connectivity index (χ1v) is 7.43. The molecule has 0 atom stereocenters. The first kappa shape index (κ1) is 19.3. The maximum atomic E-state index is 12.9. The Hall–Kier alpha value is -1.70. The van der Waals surface area contributed by atoms with E-state index in [9.17, 15) is 22.8 Å². The minimum Gasteiger partial charge on any atom is -0.299 e. The van der Waals surface area contributed by atoms with Crippen molar-refractivity contribution in [2.24, 2.45) is 10.5 Å². The quantitative estimate of drug-likeness (QED) is 0.619. The van der Waals surface area contributed by atoms with Crippen LogP contribution in [0.2, 0.25) is 0 Å². The molecule has 126 valence electrons. The monoisotopic (exact) mass is 392 g/mol. The Labute approximate surface area is 140 Å². The number of nitrogens with zero attached hydrogens (tertiary/aromatic N) is 1. The van der Waals surface area contributed by atoms with Crippen LogP contribution in [0.1, 0.15) is 37.6 Å². The van der Waals surface area contributed by atoms with E-state index >= 15 is 0 Å². The minimum absolute atomic E-state index is 0.153. The van der Waals surface area contributed by atoms with Gasteiger partial charge in [0, 0.05) is 15.5 Å². The van der Waals surface area contributed by atoms with Crippen molar-refractivity contribution in [2.75, 3.05) is 0 Å². The van der Waals surface area contributed by atoms with Gasteiger partial charge in [-0.1, -0.05) is 36.7 Å². The van der Waals surface area contributed by atoms with Crippen molar-refractivity contribution >= 4 is 33.3 Å². The van der Waals surface area contributed by atoms with E-state index in [0.717, 1.165) is 4.47 Å². The van der Waals surface area contributed by atoms with Crippen LogP contribution in [-0.4, -0.2) is 23.6 Å². The van der Waals surface area contributed by atoms with E-state index in [1.165, 1.54) is 32.9 Å². The van der Waals surface area contributed by atoms with Gasteiger partial charge >= 0.3 is 6.18 Å². The van der Waals surface area contributed by atoms with Crippen LogP contribution in [0, 0.1) is 5.41 Å². The number of carbonyl (C=O) groups is 2. The third kappa shape index (κ3) is 6.13. The summed E-state index contributed by atoms with van der Waals surface area (Å²) in [6.45, 7) is 4.55. The van der Waals surface area contributed by atoms with Gasteiger partial charge in [0.05, 0.1) is 6.42 Å². The topological polar surface area (TPSA) is 58.5 Å². The number of nitrogens with one attached hydrogen (secondary N) is 1. The Bertz CT molecular complexity index is 617. The Morgan fingerprint density at radius 2 is 1.65 bits per heavy atom. The second kappa shape index (κ2) is 7.25. The number of alkyl halides is 3. The van der Waals surface area contributed by atoms with Gasteiger partial charge in [-0.2, -0.15) is 18.3 Å². The van der Waals surface area contributed by atoms with Crippen molar-refractivity contribution in [1.29, 1.82) is 0 Å². The van der Waals surface area contributed by atoms with Gasteiger partial charge in [0.15, 0.2) is 0 Å². The van der Waals surface area contributed by atoms with Crippen LogP contribution in [0.4, 0.5) is 13.2 Å². The maximum absolute atomic E-state index is 12.9. The summed E-state index contributed by atoms with van der Waals surface area (Å²) < 4.78 is 39.5. The molecule has 0 spiro atoms. The largest absolute Gasteiger partial charge is 0.431 e. The summed E-state index contributed by atoms with van der Waals surface area (Å²) in [5.41, 5.74) is -0.263. The van der Waals surface area contributed by atoms with Crippen molar-refractivity contribution in [3.63, 3.8) is 0 Å². The fourth-order valence-corrected chi connectivity index (χ4v) is 1.67. The van der Waals surface area contributed by atoms with Gasteiger partial charge < -0.3 is 0 Å². The third-order valence-electron chi connectivity index (χ3n) is 2.89. The van der Waals surface area contributed by atoms with Crippen LogP contribution < -0.4 is 5.43 Å². The Morgan fingerprint density at radius 3 is 2.09 bits per heavy atom. The molecule has 0 bridgehead atoms. The summed E-state index contributed by atoms with van der Waals surface area (Å²) in [6, 6.07) is 6.02. The lowest BCUT2D eigenvalue weighted by molar-refractivity contribution is -0.126. The lowest BCUT2D eigenvalue weighted by Gasteiger charge is -2.18. The summed E-state index contributed by atoms with van der Waals surface area (Å²) in [6.07, 6.45) is -5.69. The molecule has 1 aromatic rings. The second-order valence-corrected chi connectivity index (χ2v) is 6.77. The minimum atomic E-state index is -4.80. The predicted molar refractivity (Wildman–Crippen MR) is 84.2 cm³/mol. The highest BCUT2D eigenvalue weighted by Gasteiger charge is 2.39. The van der Waals surface area contributed by atoms with Crippen molar-refractivity contribution < 1.29 is 22.8 Å². The van der Waals surface area contributed by atoms with Crippen LogP contribution in [0.3, 0.4) is 0 Å². The zero-order valence-corrected chi connectivity index (χ0v) is 14.4. The molecule has 0 saturated heterocycles. The molecule has 0 aromatic heterocycles. The van der Waals surface area contributed by atoms with Crippen LogP contribution in [0.5, 0.6) is 0 Å². The summed E-state index contributed by atoms with van der Waals surface area (Å²) >= 11 is 3.18. The Kier molecular flexibility index (Phi) is 6.10. The molecule has 0 aliphatic rings. The number of Topliss-reactive ketones (excluding diaryl/α,β-unsaturated/α-hetero) is 1. The normalized spacial score (nSPS) is 12.9. The van der Waals surface area contributed by atoms with Crippen LogP contribution >= 0.6 is 15.9 Å². The molecule has 4 nitrogen and oxygen atoms in total. The number of hydrazone groups is 1. The highest BCUT2D eigenvalue weighted by Crippen LogP contribution is 2.24. The average molecular weight is 393 g/mol. The zero-order valence-electron chi connectivity index (χ0n) is 12.8. The molecule has 0 aliphatic heterocycles. The second-order valence-electron chi connectivity index (χ2n) is 5.85. The first-order valence-electron chi connectivity index (χ1n) is 6.64. The molecule has 0 radical (unpaired) electrons. The summed E-state index contributed by atoms with van der Waals surface area (Å²) in [4.78, 5) is 23.6. The summed E-state index contributed by atoms with van der Waals surface area (Å²) in [5, 5.41) is 3.11. The molecule has 8 heteroatoms. The van der Waals surface area contributed by atoms with Crippen LogP contribution in [0.25, 0.3) is 0 Å². The van der Waals surface area contributed by atoms with Crippen molar-refractivity contribution in [1.82, 2.24) is 5.43 Å². The van der Waals surface area contributed by atoms with Gasteiger partial charge in [0.1, 0.15) is 11.5 Å². The maximum Gasteiger partial charge on any atom is 0.431 e. The highest BCUT2D eigenvalue weighted by molar-refractivity contribution is 9.10. The van der Waals surface area contributed by atoms with E-state index in [4.69, 9.17) is 0 Å². The molecule has 23 heavy (non-hydrogen) atoms. The van der Waals surface area contributed by atoms with Gasteiger partial charge in [0.2, 0.25) is 0 Å². The van der Waals surface area contributed by atoms with E-state index in [1.54, 1.807) is 12.1 Å². The number of hydrogen-bond acceptors (Lipinski definition) is 3. The molecule has 1 rings (SSSR count). The number of carbonyl (C=O) groups excluding carboxylic acids is 2. The molecule has 0 saturated carbocycles. The fraction of sp³-hybridized carbons (Fsp3) is 0.400. The van der Waals surface area contributed by atoms with Gasteiger partial charge in [0.25, 0.3) is 5.91 Å². The van der Waals surface area contributed by atoms with E-state index in [1.807, 2.05) is 5.43 Å². The summed E-state index contributed by atoms with van der Waals surface area (Å²) in [7, 11) is 0. The number of amides is 1. The van der Waals surface area contributed by atoms with E-state index in [2.05, 4.69) is 21.0 Å². The van der Waals surface area contributed by atoms with Crippen molar-refractivity contribution in [3.8, 4) is 0 Å². The number of ketones is 1. The van der Waals surface area contributed by atoms with E-state index in [-0.39, 0.29) is 5.56 Å². The predicted octanol–water partition coefficient (Wildman–Crippen LogP) is 4.10. The third-order valence-corrected chi connectivity index (χ3v) is 3.42. The smallest absolute Gasteiger partial charge is 0.299 e. The lowest BCUT2D eigenvalue weighted by atomic mass is 9.88. The fourth-order valence-electron chi connectivity index (χ4n) is 1.40. The molecule has 1 aromatic carbocycles. The lowest BCUT2D eigenvalue weighted by Crippen LogP contribution is -2.33. The highest BCUT2D eigenvalue weighted by atomic mass is 79.9. The number of rotatable bonds is 4. The molecule has 1 N–H and O–H groups in total. The van der Waals surface area contributed by atoms with Gasteiger partial charge in [-0.25, -0.2) is 5.43 Å². The van der Waals surface area contributed by atoms with Gasteiger partial charge in [-0.05, 0) is 24.3 Å². The van der Waals surface area contributed by atoms with Crippen LogP contribution in [-0.2, 0) is 4.79 Å². The standard InChI is InChI=1S/C15H16BrF3N2O2/c1-14(2,3)12(22)8-11(15(17,18)19)20-21-13(23)9-4-6-10(16)7-5-9/h4-7H,8H2,1-3H3,(H,21,23)/b20-11-.